The van der Waals surface area contributed by atoms with Crippen molar-refractivity contribution >= 4 is 5.78 Å². The second-order valence-electron chi connectivity index (χ2n) is 5.89. The Kier molecular flexibility index (Phi) is 4.33. The third kappa shape index (κ3) is 3.62. The molecule has 0 bridgehead atoms. The van der Waals surface area contributed by atoms with Gasteiger partial charge in [0.15, 0.2) is 0 Å². The summed E-state index contributed by atoms with van der Waals surface area (Å²) in [6.07, 6.45) is 3.01. The van der Waals surface area contributed by atoms with Crippen LogP contribution in [0.15, 0.2) is 18.2 Å². The molecular weight excluding hydrogens is 246 g/mol. The van der Waals surface area contributed by atoms with E-state index in [-0.39, 0.29) is 18.1 Å². The molecule has 1 nitrogen and oxygen atoms in total. The van der Waals surface area contributed by atoms with Crippen LogP contribution in [0.1, 0.15) is 38.7 Å². The number of ketones is 1. The first-order valence-corrected chi connectivity index (χ1v) is 6.93. The Hall–Kier alpha value is -1.25. The first kappa shape index (κ1) is 14.2. The first-order valence-electron chi connectivity index (χ1n) is 6.93. The van der Waals surface area contributed by atoms with Gasteiger partial charge in [0, 0.05) is 18.4 Å². The highest BCUT2D eigenvalue weighted by molar-refractivity contribution is 5.83. The number of benzene rings is 1. The number of carbonyl (C=O) groups is 1. The standard InChI is InChI=1S/C16H20F2O/c1-10-3-4-13(5-11(10)2)16(19)8-12-6-14(17)9-15(18)7-12/h6-7,9-11,13H,3-5,8H2,1-2H3. The van der Waals surface area contributed by atoms with E-state index in [0.717, 1.165) is 25.3 Å². The van der Waals surface area contributed by atoms with Crippen LogP contribution in [0.4, 0.5) is 8.78 Å². The molecule has 1 aromatic carbocycles. The van der Waals surface area contributed by atoms with E-state index in [1.54, 1.807) is 0 Å². The van der Waals surface area contributed by atoms with Crippen molar-refractivity contribution in [2.45, 2.75) is 39.5 Å². The zero-order chi connectivity index (χ0) is 14.0. The maximum atomic E-state index is 13.1. The lowest BCUT2D eigenvalue weighted by atomic mass is 9.73. The number of Topliss-reactive ketones (excluding diaryl/α,β-unsaturated/α-hetero) is 1. The summed E-state index contributed by atoms with van der Waals surface area (Å²) in [6, 6.07) is 3.32. The summed E-state index contributed by atoms with van der Waals surface area (Å²) >= 11 is 0. The summed E-state index contributed by atoms with van der Waals surface area (Å²) < 4.78 is 26.2. The first-order chi connectivity index (χ1) is 8.95. The quantitative estimate of drug-likeness (QED) is 0.803. The highest BCUT2D eigenvalue weighted by Crippen LogP contribution is 2.34. The lowest BCUT2D eigenvalue weighted by Gasteiger charge is -2.31. The van der Waals surface area contributed by atoms with Gasteiger partial charge in [0.1, 0.15) is 17.4 Å². The van der Waals surface area contributed by atoms with Crippen LogP contribution in [0.3, 0.4) is 0 Å². The monoisotopic (exact) mass is 266 g/mol. The van der Waals surface area contributed by atoms with E-state index in [1.165, 1.54) is 12.1 Å². The van der Waals surface area contributed by atoms with Gasteiger partial charge in [0.25, 0.3) is 0 Å². The molecule has 104 valence electrons. The van der Waals surface area contributed by atoms with Gasteiger partial charge in [-0.1, -0.05) is 13.8 Å². The normalized spacial score (nSPS) is 27.3. The van der Waals surface area contributed by atoms with Crippen molar-refractivity contribution in [3.63, 3.8) is 0 Å². The maximum absolute atomic E-state index is 13.1. The average Bonchev–Trinajstić information content (AvgIpc) is 2.31. The second-order valence-corrected chi connectivity index (χ2v) is 5.89. The largest absolute Gasteiger partial charge is 0.299 e. The minimum Gasteiger partial charge on any atom is -0.299 e. The maximum Gasteiger partial charge on any atom is 0.140 e. The van der Waals surface area contributed by atoms with Gasteiger partial charge >= 0.3 is 0 Å². The molecule has 3 atom stereocenters. The van der Waals surface area contributed by atoms with Crippen molar-refractivity contribution in [3.05, 3.63) is 35.4 Å². The molecule has 19 heavy (non-hydrogen) atoms. The summed E-state index contributed by atoms with van der Waals surface area (Å²) in [7, 11) is 0. The van der Waals surface area contributed by atoms with E-state index >= 15 is 0 Å². The van der Waals surface area contributed by atoms with Gasteiger partial charge in [-0.3, -0.25) is 4.79 Å². The third-order valence-electron chi connectivity index (χ3n) is 4.35. The molecule has 1 aliphatic carbocycles. The number of carbonyl (C=O) groups excluding carboxylic acids is 1. The van der Waals surface area contributed by atoms with Crippen LogP contribution in [0.2, 0.25) is 0 Å². The zero-order valence-electron chi connectivity index (χ0n) is 11.5. The van der Waals surface area contributed by atoms with E-state index in [4.69, 9.17) is 0 Å². The molecule has 1 aliphatic rings. The molecule has 0 spiro atoms. The van der Waals surface area contributed by atoms with Crippen LogP contribution in [0, 0.1) is 29.4 Å². The predicted molar refractivity (Wildman–Crippen MR) is 70.7 cm³/mol. The number of hydrogen-bond acceptors (Lipinski definition) is 1. The van der Waals surface area contributed by atoms with Gasteiger partial charge in [-0.15, -0.1) is 0 Å². The van der Waals surface area contributed by atoms with Gasteiger partial charge in [-0.05, 0) is 48.8 Å². The average molecular weight is 266 g/mol. The molecule has 0 aromatic heterocycles. The number of rotatable bonds is 3. The summed E-state index contributed by atoms with van der Waals surface area (Å²) in [6.45, 7) is 4.39. The van der Waals surface area contributed by atoms with E-state index in [9.17, 15) is 13.6 Å². The van der Waals surface area contributed by atoms with Gasteiger partial charge in [0.2, 0.25) is 0 Å². The highest BCUT2D eigenvalue weighted by Gasteiger charge is 2.28. The van der Waals surface area contributed by atoms with Crippen LogP contribution >= 0.6 is 0 Å². The fraction of sp³-hybridized carbons (Fsp3) is 0.562. The lowest BCUT2D eigenvalue weighted by Crippen LogP contribution is -2.27. The minimum absolute atomic E-state index is 0.0533. The van der Waals surface area contributed by atoms with Crippen molar-refractivity contribution in [1.82, 2.24) is 0 Å². The molecule has 3 unspecified atom stereocenters. The fourth-order valence-corrected chi connectivity index (χ4v) is 2.90. The number of hydrogen-bond donors (Lipinski definition) is 0. The van der Waals surface area contributed by atoms with Crippen molar-refractivity contribution in [2.24, 2.45) is 17.8 Å². The van der Waals surface area contributed by atoms with Crippen molar-refractivity contribution in [3.8, 4) is 0 Å². The smallest absolute Gasteiger partial charge is 0.140 e. The molecule has 1 saturated carbocycles. The van der Waals surface area contributed by atoms with Crippen LogP contribution < -0.4 is 0 Å². The Bertz CT molecular complexity index is 450. The lowest BCUT2D eigenvalue weighted by molar-refractivity contribution is -0.123. The van der Waals surface area contributed by atoms with Crippen LogP contribution in [0.25, 0.3) is 0 Å². The molecular formula is C16H20F2O. The van der Waals surface area contributed by atoms with Crippen molar-refractivity contribution in [2.75, 3.05) is 0 Å². The Morgan fingerprint density at radius 2 is 1.74 bits per heavy atom. The molecule has 0 aliphatic heterocycles. The summed E-state index contributed by atoms with van der Waals surface area (Å²) in [5, 5.41) is 0. The Balaban J connectivity index is 2.01. The third-order valence-corrected chi connectivity index (χ3v) is 4.35. The molecule has 0 N–H and O–H groups in total. The summed E-state index contributed by atoms with van der Waals surface area (Å²) in [5.41, 5.74) is 0.439. The number of halogens is 2. The van der Waals surface area contributed by atoms with E-state index < -0.39 is 11.6 Å². The summed E-state index contributed by atoms with van der Waals surface area (Å²) in [4.78, 5) is 12.2. The molecule has 0 heterocycles. The van der Waals surface area contributed by atoms with E-state index in [1.807, 2.05) is 0 Å². The van der Waals surface area contributed by atoms with Gasteiger partial charge < -0.3 is 0 Å². The van der Waals surface area contributed by atoms with Crippen LogP contribution in [0.5, 0.6) is 0 Å². The Morgan fingerprint density at radius 1 is 1.11 bits per heavy atom. The van der Waals surface area contributed by atoms with Crippen molar-refractivity contribution < 1.29 is 13.6 Å². The topological polar surface area (TPSA) is 17.1 Å². The highest BCUT2D eigenvalue weighted by atomic mass is 19.1. The molecule has 0 amide bonds. The fourth-order valence-electron chi connectivity index (χ4n) is 2.90. The molecule has 0 radical (unpaired) electrons. The summed E-state index contributed by atoms with van der Waals surface area (Å²) in [5.74, 6) is 0.144. The SMILES string of the molecule is CC1CCC(C(=O)Cc2cc(F)cc(F)c2)CC1C. The van der Waals surface area contributed by atoms with Crippen LogP contribution in [-0.4, -0.2) is 5.78 Å². The van der Waals surface area contributed by atoms with Crippen molar-refractivity contribution in [1.29, 1.82) is 0 Å². The Labute approximate surface area is 113 Å². The molecule has 1 aromatic rings. The minimum atomic E-state index is -0.617. The zero-order valence-corrected chi connectivity index (χ0v) is 11.5. The predicted octanol–water partition coefficient (Wildman–Crippen LogP) is 4.15. The molecule has 1 fully saturated rings. The van der Waals surface area contributed by atoms with E-state index in [2.05, 4.69) is 13.8 Å². The molecule has 0 saturated heterocycles. The van der Waals surface area contributed by atoms with Gasteiger partial charge in [-0.25, -0.2) is 8.78 Å². The Morgan fingerprint density at radius 3 is 2.32 bits per heavy atom. The molecule has 3 heteroatoms. The van der Waals surface area contributed by atoms with Crippen LogP contribution in [-0.2, 0) is 11.2 Å². The molecule has 2 rings (SSSR count). The van der Waals surface area contributed by atoms with E-state index in [0.29, 0.717) is 17.4 Å². The van der Waals surface area contributed by atoms with Gasteiger partial charge in [0.05, 0.1) is 0 Å². The van der Waals surface area contributed by atoms with Gasteiger partial charge in [-0.2, -0.15) is 0 Å². The second kappa shape index (κ2) is 5.81.